The fraction of sp³-hybridized carbons (Fsp3) is 0.833. The molecule has 19 heavy (non-hydrogen) atoms. The molecular weight excluding hydrogens is 252 g/mol. The molecule has 0 radical (unpaired) electrons. The first-order valence-electron chi connectivity index (χ1n) is 6.42. The third kappa shape index (κ3) is 6.51. The molecule has 1 saturated heterocycles. The number of ether oxygens (including phenoxy) is 2. The van der Waals surface area contributed by atoms with Crippen molar-refractivity contribution in [3.63, 3.8) is 0 Å². The van der Waals surface area contributed by atoms with E-state index in [1.807, 2.05) is 0 Å². The van der Waals surface area contributed by atoms with Gasteiger partial charge in [-0.2, -0.15) is 0 Å². The highest BCUT2D eigenvalue weighted by atomic mass is 16.5. The maximum atomic E-state index is 11.8. The standard InChI is InChI=1S/C12H22N2O5/c1-18-10-11(15)14(3-2-12(16)17)5-4-13-6-8-19-9-7-13/h2-10H2,1H3,(H,16,17). The summed E-state index contributed by atoms with van der Waals surface area (Å²) in [5.74, 6) is -1.07. The third-order valence-corrected chi connectivity index (χ3v) is 3.01. The third-order valence-electron chi connectivity index (χ3n) is 3.01. The first-order chi connectivity index (χ1) is 9.13. The minimum atomic E-state index is -0.901. The van der Waals surface area contributed by atoms with Crippen LogP contribution >= 0.6 is 0 Å². The minimum Gasteiger partial charge on any atom is -0.481 e. The predicted molar refractivity (Wildman–Crippen MR) is 68.0 cm³/mol. The largest absolute Gasteiger partial charge is 0.481 e. The van der Waals surface area contributed by atoms with Crippen LogP contribution in [0.4, 0.5) is 0 Å². The van der Waals surface area contributed by atoms with Gasteiger partial charge in [0.2, 0.25) is 5.91 Å². The van der Waals surface area contributed by atoms with Crippen molar-refractivity contribution in [2.45, 2.75) is 6.42 Å². The van der Waals surface area contributed by atoms with Gasteiger partial charge in [0, 0.05) is 39.8 Å². The van der Waals surface area contributed by atoms with Crippen LogP contribution in [-0.4, -0.2) is 86.4 Å². The summed E-state index contributed by atoms with van der Waals surface area (Å²) < 4.78 is 10.1. The normalized spacial score (nSPS) is 16.3. The smallest absolute Gasteiger partial charge is 0.305 e. The van der Waals surface area contributed by atoms with Gasteiger partial charge in [-0.25, -0.2) is 0 Å². The van der Waals surface area contributed by atoms with Gasteiger partial charge in [-0.1, -0.05) is 0 Å². The Balaban J connectivity index is 2.38. The van der Waals surface area contributed by atoms with Gasteiger partial charge < -0.3 is 19.5 Å². The number of amides is 1. The van der Waals surface area contributed by atoms with Crippen molar-refractivity contribution in [1.82, 2.24) is 9.80 Å². The van der Waals surface area contributed by atoms with Gasteiger partial charge in [0.15, 0.2) is 0 Å². The Labute approximate surface area is 113 Å². The van der Waals surface area contributed by atoms with Crippen molar-refractivity contribution < 1.29 is 24.2 Å². The quantitative estimate of drug-likeness (QED) is 0.628. The Morgan fingerprint density at radius 2 is 2.00 bits per heavy atom. The van der Waals surface area contributed by atoms with E-state index in [0.29, 0.717) is 19.8 Å². The molecule has 7 heteroatoms. The SMILES string of the molecule is COCC(=O)N(CCC(=O)O)CCN1CCOCC1. The highest BCUT2D eigenvalue weighted by Crippen LogP contribution is 2.00. The summed E-state index contributed by atoms with van der Waals surface area (Å²) in [5, 5.41) is 8.69. The second-order valence-electron chi connectivity index (χ2n) is 4.41. The number of rotatable bonds is 8. The lowest BCUT2D eigenvalue weighted by molar-refractivity contribution is -0.139. The summed E-state index contributed by atoms with van der Waals surface area (Å²) in [6.07, 6.45) is -0.0431. The van der Waals surface area contributed by atoms with Crippen molar-refractivity contribution in [2.75, 3.05) is 59.7 Å². The van der Waals surface area contributed by atoms with Crippen LogP contribution in [0.3, 0.4) is 0 Å². The monoisotopic (exact) mass is 274 g/mol. The van der Waals surface area contributed by atoms with E-state index in [2.05, 4.69) is 4.90 Å². The zero-order chi connectivity index (χ0) is 14.1. The summed E-state index contributed by atoms with van der Waals surface area (Å²) in [6, 6.07) is 0. The molecule has 1 aliphatic heterocycles. The summed E-state index contributed by atoms with van der Waals surface area (Å²) in [4.78, 5) is 26.1. The zero-order valence-electron chi connectivity index (χ0n) is 11.3. The van der Waals surface area contributed by atoms with E-state index < -0.39 is 5.97 Å². The molecule has 7 nitrogen and oxygen atoms in total. The molecule has 0 aliphatic carbocycles. The number of aliphatic carboxylic acids is 1. The molecule has 0 unspecified atom stereocenters. The Kier molecular flexibility index (Phi) is 7.39. The number of carboxylic acids is 1. The van der Waals surface area contributed by atoms with Crippen LogP contribution < -0.4 is 0 Å². The summed E-state index contributed by atoms with van der Waals surface area (Å²) >= 11 is 0. The van der Waals surface area contributed by atoms with Crippen molar-refractivity contribution in [3.05, 3.63) is 0 Å². The van der Waals surface area contributed by atoms with Gasteiger partial charge in [-0.15, -0.1) is 0 Å². The lowest BCUT2D eigenvalue weighted by atomic mass is 10.3. The highest BCUT2D eigenvalue weighted by molar-refractivity contribution is 5.78. The molecule has 0 aromatic heterocycles. The van der Waals surface area contributed by atoms with Crippen LogP contribution in [0.25, 0.3) is 0 Å². The topological polar surface area (TPSA) is 79.3 Å². The van der Waals surface area contributed by atoms with Crippen molar-refractivity contribution >= 4 is 11.9 Å². The number of carbonyl (C=O) groups is 2. The van der Waals surface area contributed by atoms with Crippen LogP contribution in [0.5, 0.6) is 0 Å². The molecule has 0 spiro atoms. The Morgan fingerprint density at radius 1 is 1.32 bits per heavy atom. The average Bonchev–Trinajstić information content (AvgIpc) is 2.40. The number of morpholine rings is 1. The molecular formula is C12H22N2O5. The van der Waals surface area contributed by atoms with E-state index in [0.717, 1.165) is 19.6 Å². The van der Waals surface area contributed by atoms with Gasteiger partial charge in [0.25, 0.3) is 0 Å². The number of methoxy groups -OCH3 is 1. The predicted octanol–water partition coefficient (Wildman–Crippen LogP) is -0.732. The Morgan fingerprint density at radius 3 is 2.58 bits per heavy atom. The average molecular weight is 274 g/mol. The maximum absolute atomic E-state index is 11.8. The minimum absolute atomic E-state index is 0.0112. The van der Waals surface area contributed by atoms with E-state index >= 15 is 0 Å². The maximum Gasteiger partial charge on any atom is 0.305 e. The van der Waals surface area contributed by atoms with Crippen LogP contribution in [-0.2, 0) is 19.1 Å². The first-order valence-corrected chi connectivity index (χ1v) is 6.42. The van der Waals surface area contributed by atoms with Gasteiger partial charge in [-0.05, 0) is 0 Å². The molecule has 110 valence electrons. The molecule has 1 N–H and O–H groups in total. The molecule has 0 aromatic rings. The Hall–Kier alpha value is -1.18. The van der Waals surface area contributed by atoms with Gasteiger partial charge in [0.1, 0.15) is 6.61 Å². The second-order valence-corrected chi connectivity index (χ2v) is 4.41. The fourth-order valence-electron chi connectivity index (χ4n) is 1.89. The molecule has 0 atom stereocenters. The summed E-state index contributed by atoms with van der Waals surface area (Å²) in [7, 11) is 1.45. The molecule has 0 aromatic carbocycles. The van der Waals surface area contributed by atoms with E-state index in [1.165, 1.54) is 7.11 Å². The fourth-order valence-corrected chi connectivity index (χ4v) is 1.89. The molecule has 0 bridgehead atoms. The molecule has 1 amide bonds. The molecule has 1 rings (SSSR count). The van der Waals surface area contributed by atoms with E-state index in [1.54, 1.807) is 4.90 Å². The second kappa shape index (κ2) is 8.84. The summed E-state index contributed by atoms with van der Waals surface area (Å²) in [6.45, 7) is 4.59. The molecule has 1 heterocycles. The van der Waals surface area contributed by atoms with Gasteiger partial charge in [0.05, 0.1) is 19.6 Å². The molecule has 1 aliphatic rings. The number of carboxylic acid groups (broad SMARTS) is 1. The van der Waals surface area contributed by atoms with Crippen molar-refractivity contribution in [2.24, 2.45) is 0 Å². The number of hydrogen-bond donors (Lipinski definition) is 1. The van der Waals surface area contributed by atoms with Gasteiger partial charge in [-0.3, -0.25) is 14.5 Å². The Bertz CT molecular complexity index is 292. The van der Waals surface area contributed by atoms with Crippen molar-refractivity contribution in [3.8, 4) is 0 Å². The van der Waals surface area contributed by atoms with E-state index in [-0.39, 0.29) is 25.5 Å². The van der Waals surface area contributed by atoms with Crippen LogP contribution in [0.2, 0.25) is 0 Å². The summed E-state index contributed by atoms with van der Waals surface area (Å²) in [5.41, 5.74) is 0. The van der Waals surface area contributed by atoms with Crippen LogP contribution in [0.1, 0.15) is 6.42 Å². The highest BCUT2D eigenvalue weighted by Gasteiger charge is 2.17. The molecule has 1 fully saturated rings. The van der Waals surface area contributed by atoms with Gasteiger partial charge >= 0.3 is 5.97 Å². The van der Waals surface area contributed by atoms with Crippen molar-refractivity contribution in [1.29, 1.82) is 0 Å². The van der Waals surface area contributed by atoms with Crippen LogP contribution in [0.15, 0.2) is 0 Å². The number of nitrogens with zero attached hydrogens (tertiary/aromatic N) is 2. The van der Waals surface area contributed by atoms with E-state index in [4.69, 9.17) is 14.6 Å². The molecule has 0 saturated carbocycles. The number of carbonyl (C=O) groups excluding carboxylic acids is 1. The first kappa shape index (κ1) is 15.9. The van der Waals surface area contributed by atoms with E-state index in [9.17, 15) is 9.59 Å². The van der Waals surface area contributed by atoms with Crippen LogP contribution in [0, 0.1) is 0 Å². The lowest BCUT2D eigenvalue weighted by Gasteiger charge is -2.29. The number of hydrogen-bond acceptors (Lipinski definition) is 5. The zero-order valence-corrected chi connectivity index (χ0v) is 11.3. The lowest BCUT2D eigenvalue weighted by Crippen LogP contribution is -2.44.